The average molecular weight is 237 g/mol. The van der Waals surface area contributed by atoms with Crippen LogP contribution in [0.5, 0.6) is 0 Å². The number of methoxy groups -OCH3 is 1. The third-order valence-corrected chi connectivity index (χ3v) is 2.35. The number of aromatic nitrogens is 1. The Morgan fingerprint density at radius 2 is 2.35 bits per heavy atom. The van der Waals surface area contributed by atoms with E-state index in [1.54, 1.807) is 25.1 Å². The fourth-order valence-corrected chi connectivity index (χ4v) is 1.44. The lowest BCUT2D eigenvalue weighted by atomic mass is 10.2. The Morgan fingerprint density at radius 1 is 1.59 bits per heavy atom. The Labute approximate surface area is 102 Å². The first-order chi connectivity index (χ1) is 8.15. The van der Waals surface area contributed by atoms with E-state index in [2.05, 4.69) is 4.98 Å². The second kappa shape index (κ2) is 6.98. The van der Waals surface area contributed by atoms with Crippen LogP contribution in [0.3, 0.4) is 0 Å². The summed E-state index contributed by atoms with van der Waals surface area (Å²) in [5.41, 5.74) is 6.45. The highest BCUT2D eigenvalue weighted by atomic mass is 16.5. The molecule has 5 nitrogen and oxygen atoms in total. The predicted molar refractivity (Wildman–Crippen MR) is 65.2 cm³/mol. The highest BCUT2D eigenvalue weighted by molar-refractivity contribution is 5.81. The van der Waals surface area contributed by atoms with Gasteiger partial charge in [-0.1, -0.05) is 6.07 Å². The Hall–Kier alpha value is -1.46. The molecular formula is C12H19N3O2. The summed E-state index contributed by atoms with van der Waals surface area (Å²) in [4.78, 5) is 17.7. The standard InChI is InChI=1S/C12H19N3O2/c1-10(13)12(16)15(7-8-17-2)9-11-5-3-4-6-14-11/h3-6,10H,7-9,13H2,1-2H3/t10-/m1/s1. The van der Waals surface area contributed by atoms with Crippen molar-refractivity contribution in [1.29, 1.82) is 0 Å². The second-order valence-corrected chi connectivity index (χ2v) is 3.86. The van der Waals surface area contributed by atoms with Crippen LogP contribution in [0.15, 0.2) is 24.4 Å². The maximum atomic E-state index is 11.9. The molecule has 0 aliphatic carbocycles. The van der Waals surface area contributed by atoms with Crippen LogP contribution in [-0.4, -0.2) is 42.1 Å². The normalized spacial score (nSPS) is 12.2. The number of carbonyl (C=O) groups is 1. The molecular weight excluding hydrogens is 218 g/mol. The van der Waals surface area contributed by atoms with Crippen LogP contribution >= 0.6 is 0 Å². The van der Waals surface area contributed by atoms with Crippen molar-refractivity contribution >= 4 is 5.91 Å². The van der Waals surface area contributed by atoms with E-state index in [1.165, 1.54) is 0 Å². The number of nitrogens with zero attached hydrogens (tertiary/aromatic N) is 2. The summed E-state index contributed by atoms with van der Waals surface area (Å²) in [5.74, 6) is -0.0901. The summed E-state index contributed by atoms with van der Waals surface area (Å²) in [6.07, 6.45) is 1.71. The van der Waals surface area contributed by atoms with Gasteiger partial charge in [0.15, 0.2) is 0 Å². The summed E-state index contributed by atoms with van der Waals surface area (Å²) in [5, 5.41) is 0. The summed E-state index contributed by atoms with van der Waals surface area (Å²) in [7, 11) is 1.61. The van der Waals surface area contributed by atoms with E-state index in [1.807, 2.05) is 18.2 Å². The lowest BCUT2D eigenvalue weighted by Gasteiger charge is -2.23. The van der Waals surface area contributed by atoms with Gasteiger partial charge in [0, 0.05) is 19.9 Å². The molecule has 0 bridgehead atoms. The number of ether oxygens (including phenoxy) is 1. The molecule has 1 atom stereocenters. The quantitative estimate of drug-likeness (QED) is 0.777. The Bertz CT molecular complexity index is 341. The molecule has 0 aliphatic heterocycles. The molecule has 1 aromatic rings. The summed E-state index contributed by atoms with van der Waals surface area (Å²) in [6.45, 7) is 3.16. The first-order valence-electron chi connectivity index (χ1n) is 5.58. The first-order valence-corrected chi connectivity index (χ1v) is 5.58. The lowest BCUT2D eigenvalue weighted by molar-refractivity contribution is -0.133. The van der Waals surface area contributed by atoms with E-state index in [0.29, 0.717) is 19.7 Å². The second-order valence-electron chi connectivity index (χ2n) is 3.86. The minimum Gasteiger partial charge on any atom is -0.383 e. The number of nitrogens with two attached hydrogens (primary N) is 1. The Kier molecular flexibility index (Phi) is 5.59. The smallest absolute Gasteiger partial charge is 0.239 e. The van der Waals surface area contributed by atoms with Crippen LogP contribution in [0, 0.1) is 0 Å². The summed E-state index contributed by atoms with van der Waals surface area (Å²) in [6, 6.07) is 5.12. The van der Waals surface area contributed by atoms with Gasteiger partial charge in [-0.3, -0.25) is 9.78 Å². The molecule has 0 spiro atoms. The van der Waals surface area contributed by atoms with Gasteiger partial charge in [0.1, 0.15) is 0 Å². The average Bonchev–Trinajstić information content (AvgIpc) is 2.34. The molecule has 1 aromatic heterocycles. The highest BCUT2D eigenvalue weighted by Gasteiger charge is 2.17. The maximum Gasteiger partial charge on any atom is 0.239 e. The molecule has 1 rings (SSSR count). The molecule has 94 valence electrons. The fourth-order valence-electron chi connectivity index (χ4n) is 1.44. The van der Waals surface area contributed by atoms with Gasteiger partial charge in [0.2, 0.25) is 5.91 Å². The molecule has 17 heavy (non-hydrogen) atoms. The lowest BCUT2D eigenvalue weighted by Crippen LogP contribution is -2.43. The number of amides is 1. The van der Waals surface area contributed by atoms with Crippen LogP contribution in [0.1, 0.15) is 12.6 Å². The minimum absolute atomic E-state index is 0.0901. The topological polar surface area (TPSA) is 68.5 Å². The van der Waals surface area contributed by atoms with Crippen molar-refractivity contribution in [3.8, 4) is 0 Å². The van der Waals surface area contributed by atoms with Gasteiger partial charge in [-0.25, -0.2) is 0 Å². The fraction of sp³-hybridized carbons (Fsp3) is 0.500. The molecule has 0 fully saturated rings. The molecule has 0 saturated heterocycles. The van der Waals surface area contributed by atoms with E-state index >= 15 is 0 Å². The Morgan fingerprint density at radius 3 is 2.88 bits per heavy atom. The van der Waals surface area contributed by atoms with Crippen molar-refractivity contribution in [2.75, 3.05) is 20.3 Å². The van der Waals surface area contributed by atoms with Crippen molar-refractivity contribution in [2.45, 2.75) is 19.5 Å². The number of rotatable bonds is 6. The van der Waals surface area contributed by atoms with Crippen LogP contribution in [0.4, 0.5) is 0 Å². The molecule has 0 unspecified atom stereocenters. The van der Waals surface area contributed by atoms with Gasteiger partial charge in [-0.2, -0.15) is 0 Å². The van der Waals surface area contributed by atoms with E-state index in [4.69, 9.17) is 10.5 Å². The van der Waals surface area contributed by atoms with Gasteiger partial charge in [-0.05, 0) is 19.1 Å². The van der Waals surface area contributed by atoms with Crippen molar-refractivity contribution in [3.63, 3.8) is 0 Å². The van der Waals surface area contributed by atoms with Crippen LogP contribution in [0.2, 0.25) is 0 Å². The van der Waals surface area contributed by atoms with Crippen LogP contribution in [-0.2, 0) is 16.1 Å². The number of hydrogen-bond acceptors (Lipinski definition) is 4. The molecule has 0 saturated carbocycles. The van der Waals surface area contributed by atoms with Gasteiger partial charge in [0.05, 0.1) is 24.9 Å². The molecule has 0 radical (unpaired) electrons. The van der Waals surface area contributed by atoms with Gasteiger partial charge >= 0.3 is 0 Å². The van der Waals surface area contributed by atoms with E-state index < -0.39 is 6.04 Å². The number of pyridine rings is 1. The van der Waals surface area contributed by atoms with E-state index in [0.717, 1.165) is 5.69 Å². The summed E-state index contributed by atoms with van der Waals surface area (Å²) >= 11 is 0. The molecule has 1 heterocycles. The number of hydrogen-bond donors (Lipinski definition) is 1. The third kappa shape index (κ3) is 4.50. The molecule has 5 heteroatoms. The number of carbonyl (C=O) groups excluding carboxylic acids is 1. The van der Waals surface area contributed by atoms with Gasteiger partial charge in [0.25, 0.3) is 0 Å². The first kappa shape index (κ1) is 13.6. The maximum absolute atomic E-state index is 11.9. The monoisotopic (exact) mass is 237 g/mol. The molecule has 2 N–H and O–H groups in total. The zero-order valence-electron chi connectivity index (χ0n) is 10.3. The van der Waals surface area contributed by atoms with Crippen molar-refractivity contribution in [3.05, 3.63) is 30.1 Å². The van der Waals surface area contributed by atoms with Crippen LogP contribution < -0.4 is 5.73 Å². The summed E-state index contributed by atoms with van der Waals surface area (Å²) < 4.78 is 4.98. The minimum atomic E-state index is -0.504. The predicted octanol–water partition coefficient (Wildman–Crippen LogP) is 0.404. The zero-order chi connectivity index (χ0) is 12.7. The van der Waals surface area contributed by atoms with E-state index in [9.17, 15) is 4.79 Å². The zero-order valence-corrected chi connectivity index (χ0v) is 10.3. The van der Waals surface area contributed by atoms with Gasteiger partial charge in [-0.15, -0.1) is 0 Å². The molecule has 1 amide bonds. The van der Waals surface area contributed by atoms with Crippen molar-refractivity contribution in [2.24, 2.45) is 5.73 Å². The van der Waals surface area contributed by atoms with E-state index in [-0.39, 0.29) is 5.91 Å². The van der Waals surface area contributed by atoms with Crippen molar-refractivity contribution in [1.82, 2.24) is 9.88 Å². The molecule has 0 aromatic carbocycles. The third-order valence-electron chi connectivity index (χ3n) is 2.35. The van der Waals surface area contributed by atoms with Crippen LogP contribution in [0.25, 0.3) is 0 Å². The van der Waals surface area contributed by atoms with Crippen molar-refractivity contribution < 1.29 is 9.53 Å². The Balaban J connectivity index is 2.66. The highest BCUT2D eigenvalue weighted by Crippen LogP contribution is 2.03. The SMILES string of the molecule is COCCN(Cc1ccccn1)C(=O)[C@@H](C)N. The largest absolute Gasteiger partial charge is 0.383 e. The van der Waals surface area contributed by atoms with Gasteiger partial charge < -0.3 is 15.4 Å². The molecule has 0 aliphatic rings.